The summed E-state index contributed by atoms with van der Waals surface area (Å²) < 4.78 is 1.66. The van der Waals surface area contributed by atoms with Crippen molar-refractivity contribution in [2.75, 3.05) is 0 Å². The van der Waals surface area contributed by atoms with Gasteiger partial charge in [-0.3, -0.25) is 9.48 Å². The highest BCUT2D eigenvalue weighted by atomic mass is 35.5. The van der Waals surface area contributed by atoms with Crippen molar-refractivity contribution in [3.8, 4) is 0 Å². The van der Waals surface area contributed by atoms with Gasteiger partial charge in [-0.2, -0.15) is 5.10 Å². The van der Waals surface area contributed by atoms with Gasteiger partial charge in [-0.15, -0.1) is 0 Å². The fourth-order valence-corrected chi connectivity index (χ4v) is 2.34. The molecular weight excluding hydrogens is 273 g/mol. The molecule has 96 valence electrons. The Morgan fingerprint density at radius 3 is 2.50 bits per heavy atom. The van der Waals surface area contributed by atoms with Crippen molar-refractivity contribution >= 4 is 39.5 Å². The Labute approximate surface area is 115 Å². The Kier molecular flexibility index (Phi) is 3.11. The lowest BCUT2D eigenvalue weighted by Crippen LogP contribution is -2.13. The van der Waals surface area contributed by atoms with E-state index in [0.717, 1.165) is 5.69 Å². The third-order valence-corrected chi connectivity index (χ3v) is 3.31. The van der Waals surface area contributed by atoms with Crippen molar-refractivity contribution in [2.45, 2.75) is 26.2 Å². The molecule has 0 aliphatic heterocycles. The molecule has 2 heterocycles. The summed E-state index contributed by atoms with van der Waals surface area (Å²) >= 11 is 11.8. The summed E-state index contributed by atoms with van der Waals surface area (Å²) in [7, 11) is 1.79. The Morgan fingerprint density at radius 2 is 2.00 bits per heavy atom. The molecule has 0 amide bonds. The minimum atomic E-state index is -0.613. The Bertz CT molecular complexity index is 641. The maximum absolute atomic E-state index is 11.3. The highest BCUT2D eigenvalue weighted by molar-refractivity contribution is 6.69. The van der Waals surface area contributed by atoms with E-state index in [0.29, 0.717) is 16.1 Å². The molecule has 0 aliphatic carbocycles. The molecule has 0 aromatic carbocycles. The first kappa shape index (κ1) is 13.3. The first-order valence-electron chi connectivity index (χ1n) is 5.45. The highest BCUT2D eigenvalue weighted by Gasteiger charge is 2.26. The van der Waals surface area contributed by atoms with Crippen LogP contribution in [0.15, 0.2) is 6.20 Å². The van der Waals surface area contributed by atoms with Gasteiger partial charge in [0.2, 0.25) is 0 Å². The number of fused-ring (bicyclic) bond motifs is 1. The summed E-state index contributed by atoms with van der Waals surface area (Å²) in [5.74, 6) is 0. The van der Waals surface area contributed by atoms with Crippen molar-refractivity contribution in [1.82, 2.24) is 14.8 Å². The van der Waals surface area contributed by atoms with Crippen LogP contribution in [0.4, 0.5) is 0 Å². The molecule has 2 aromatic rings. The molecule has 0 radical (unpaired) electrons. The lowest BCUT2D eigenvalue weighted by Gasteiger charge is -2.16. The monoisotopic (exact) mass is 285 g/mol. The van der Waals surface area contributed by atoms with E-state index >= 15 is 0 Å². The molecule has 6 heteroatoms. The van der Waals surface area contributed by atoms with E-state index < -0.39 is 5.24 Å². The predicted molar refractivity (Wildman–Crippen MR) is 72.4 cm³/mol. The smallest absolute Gasteiger partial charge is 0.255 e. The summed E-state index contributed by atoms with van der Waals surface area (Å²) in [6.45, 7) is 6.08. The maximum Gasteiger partial charge on any atom is 0.255 e. The number of carbonyl (C=O) groups is 1. The summed E-state index contributed by atoms with van der Waals surface area (Å²) in [5, 5.41) is 4.84. The number of nitrogens with zero attached hydrogens (tertiary/aromatic N) is 3. The Hall–Kier alpha value is -1.13. The van der Waals surface area contributed by atoms with Gasteiger partial charge >= 0.3 is 0 Å². The van der Waals surface area contributed by atoms with Gasteiger partial charge in [-0.25, -0.2) is 4.98 Å². The van der Waals surface area contributed by atoms with Gasteiger partial charge in [0.1, 0.15) is 0 Å². The molecule has 0 N–H and O–H groups in total. The Balaban J connectivity index is 2.90. The van der Waals surface area contributed by atoms with Crippen molar-refractivity contribution < 1.29 is 4.79 Å². The average Bonchev–Trinajstić information content (AvgIpc) is 2.56. The molecule has 0 unspecified atom stereocenters. The van der Waals surface area contributed by atoms with E-state index in [1.807, 2.05) is 20.8 Å². The van der Waals surface area contributed by atoms with E-state index in [-0.39, 0.29) is 11.0 Å². The first-order chi connectivity index (χ1) is 8.23. The van der Waals surface area contributed by atoms with Crippen LogP contribution in [0.5, 0.6) is 0 Å². The third kappa shape index (κ3) is 1.99. The second-order valence-electron chi connectivity index (χ2n) is 5.18. The van der Waals surface area contributed by atoms with Crippen LogP contribution in [-0.2, 0) is 12.5 Å². The van der Waals surface area contributed by atoms with Gasteiger partial charge in [-0.1, -0.05) is 32.4 Å². The van der Waals surface area contributed by atoms with Crippen LogP contribution >= 0.6 is 23.2 Å². The van der Waals surface area contributed by atoms with E-state index in [1.54, 1.807) is 11.7 Å². The van der Waals surface area contributed by atoms with Crippen LogP contribution in [0.3, 0.4) is 0 Å². The fourth-order valence-electron chi connectivity index (χ4n) is 1.84. The van der Waals surface area contributed by atoms with Crippen LogP contribution in [0.1, 0.15) is 36.8 Å². The normalized spacial score (nSPS) is 12.1. The number of carbonyl (C=O) groups excluding carboxylic acids is 1. The third-order valence-electron chi connectivity index (χ3n) is 2.71. The lowest BCUT2D eigenvalue weighted by atomic mass is 9.90. The van der Waals surface area contributed by atoms with Crippen molar-refractivity contribution in [1.29, 1.82) is 0 Å². The van der Waals surface area contributed by atoms with E-state index in [1.165, 1.54) is 6.20 Å². The molecule has 4 nitrogen and oxygen atoms in total. The zero-order valence-corrected chi connectivity index (χ0v) is 12.1. The molecular formula is C12H13Cl2N3O. The number of aryl methyl sites for hydroxylation is 1. The van der Waals surface area contributed by atoms with Gasteiger partial charge in [0.05, 0.1) is 21.7 Å². The number of halogens is 2. The summed E-state index contributed by atoms with van der Waals surface area (Å²) in [6, 6.07) is 0. The van der Waals surface area contributed by atoms with Gasteiger partial charge in [0, 0.05) is 18.7 Å². The molecule has 0 saturated carbocycles. The zero-order chi connectivity index (χ0) is 13.7. The maximum atomic E-state index is 11.3. The molecule has 2 aromatic heterocycles. The minimum absolute atomic E-state index is 0.196. The predicted octanol–water partition coefficient (Wildman–Crippen LogP) is 3.30. The van der Waals surface area contributed by atoms with Crippen molar-refractivity contribution in [3.63, 3.8) is 0 Å². The van der Waals surface area contributed by atoms with Crippen LogP contribution in [0, 0.1) is 0 Å². The van der Waals surface area contributed by atoms with Crippen LogP contribution in [0.2, 0.25) is 5.02 Å². The molecule has 0 saturated heterocycles. The molecule has 18 heavy (non-hydrogen) atoms. The summed E-state index contributed by atoms with van der Waals surface area (Å²) in [6.07, 6.45) is 1.38. The van der Waals surface area contributed by atoms with Gasteiger partial charge in [-0.05, 0) is 11.6 Å². The second kappa shape index (κ2) is 4.21. The highest BCUT2D eigenvalue weighted by Crippen LogP contribution is 2.34. The zero-order valence-electron chi connectivity index (χ0n) is 10.6. The quantitative estimate of drug-likeness (QED) is 0.756. The van der Waals surface area contributed by atoms with Crippen LogP contribution < -0.4 is 0 Å². The topological polar surface area (TPSA) is 47.8 Å². The molecule has 0 fully saturated rings. The van der Waals surface area contributed by atoms with E-state index in [2.05, 4.69) is 10.1 Å². The number of rotatable bonds is 1. The van der Waals surface area contributed by atoms with Crippen LogP contribution in [-0.4, -0.2) is 20.0 Å². The second-order valence-corrected chi connectivity index (χ2v) is 5.90. The van der Waals surface area contributed by atoms with Crippen molar-refractivity contribution in [2.24, 2.45) is 7.05 Å². The summed E-state index contributed by atoms with van der Waals surface area (Å²) in [4.78, 5) is 15.5. The number of pyridine rings is 1. The molecule has 2 rings (SSSR count). The molecule has 0 bridgehead atoms. The molecule has 0 aliphatic rings. The Morgan fingerprint density at radius 1 is 1.39 bits per heavy atom. The van der Waals surface area contributed by atoms with Gasteiger partial charge in [0.25, 0.3) is 5.24 Å². The minimum Gasteiger partial charge on any atom is -0.275 e. The van der Waals surface area contributed by atoms with E-state index in [4.69, 9.17) is 23.2 Å². The van der Waals surface area contributed by atoms with Gasteiger partial charge < -0.3 is 0 Å². The SMILES string of the molecule is Cn1nc(C(C)(C)C)c2c(Cl)c(C(=O)Cl)cnc21. The van der Waals surface area contributed by atoms with Gasteiger partial charge in [0.15, 0.2) is 5.65 Å². The first-order valence-corrected chi connectivity index (χ1v) is 6.20. The number of aromatic nitrogens is 3. The van der Waals surface area contributed by atoms with Crippen LogP contribution in [0.25, 0.3) is 11.0 Å². The fraction of sp³-hybridized carbons (Fsp3) is 0.417. The lowest BCUT2D eigenvalue weighted by molar-refractivity contribution is 0.108. The number of hydrogen-bond acceptors (Lipinski definition) is 3. The number of hydrogen-bond donors (Lipinski definition) is 0. The van der Waals surface area contributed by atoms with Crippen molar-refractivity contribution in [3.05, 3.63) is 22.5 Å². The standard InChI is InChI=1S/C12H13Cl2N3O/c1-12(2,3)9-7-8(13)6(10(14)18)5-15-11(7)17(4)16-9/h5H,1-4H3. The summed E-state index contributed by atoms with van der Waals surface area (Å²) in [5.41, 5.74) is 1.46. The van der Waals surface area contributed by atoms with E-state index in [9.17, 15) is 4.79 Å². The largest absolute Gasteiger partial charge is 0.275 e. The average molecular weight is 286 g/mol. The molecule has 0 spiro atoms. The molecule has 0 atom stereocenters.